The van der Waals surface area contributed by atoms with Crippen LogP contribution in [0.3, 0.4) is 0 Å². The number of benzene rings is 2. The van der Waals surface area contributed by atoms with Gasteiger partial charge >= 0.3 is 0 Å². The maximum Gasteiger partial charge on any atom is 0.145 e. The van der Waals surface area contributed by atoms with E-state index in [4.69, 9.17) is 11.6 Å². The van der Waals surface area contributed by atoms with E-state index in [1.54, 1.807) is 0 Å². The maximum atomic E-state index is 15.3. The first kappa shape index (κ1) is 19.5. The van der Waals surface area contributed by atoms with Crippen LogP contribution in [0.4, 0.5) is 17.6 Å². The Morgan fingerprint density at radius 1 is 0.964 bits per heavy atom. The van der Waals surface area contributed by atoms with Gasteiger partial charge in [-0.25, -0.2) is 17.6 Å². The summed E-state index contributed by atoms with van der Waals surface area (Å²) in [6.07, 6.45) is 8.58. The quantitative estimate of drug-likeness (QED) is 0.273. The van der Waals surface area contributed by atoms with Crippen molar-refractivity contribution < 1.29 is 17.6 Å². The van der Waals surface area contributed by atoms with Gasteiger partial charge in [-0.2, -0.15) is 0 Å². The third-order valence-electron chi connectivity index (χ3n) is 6.28. The molecular weight excluding hydrogens is 388 g/mol. The van der Waals surface area contributed by atoms with E-state index in [1.165, 1.54) is 6.07 Å². The molecule has 2 aromatic rings. The lowest BCUT2D eigenvalue weighted by Crippen LogP contribution is -2.28. The van der Waals surface area contributed by atoms with Crippen LogP contribution < -0.4 is 0 Å². The molecule has 3 atom stereocenters. The number of rotatable bonds is 2. The van der Waals surface area contributed by atoms with Crippen molar-refractivity contribution >= 4 is 11.6 Å². The van der Waals surface area contributed by atoms with E-state index in [0.29, 0.717) is 23.8 Å². The van der Waals surface area contributed by atoms with Crippen LogP contribution in [-0.2, 0) is 6.42 Å². The van der Waals surface area contributed by atoms with Gasteiger partial charge in [-0.05, 0) is 91.7 Å². The molecule has 0 saturated heterocycles. The Morgan fingerprint density at radius 3 is 2.36 bits per heavy atom. The summed E-state index contributed by atoms with van der Waals surface area (Å²) in [5.74, 6) is -2.47. The standard InChI is InChI=1S/C23H21ClF4/c1-2-3-12-4-6-15-13(8-12)5-7-16-17(15)11-18(25)21(23(16)28)14-9-19(26)22(24)20(27)10-14/h2-3,9-13,15H,4-8H2,1H3/b3-2+/t12-,13-,15+/m1/s1. The Hall–Kier alpha value is -1.81. The van der Waals surface area contributed by atoms with E-state index in [2.05, 4.69) is 12.2 Å². The Kier molecular flexibility index (Phi) is 5.26. The molecule has 0 amide bonds. The molecular formula is C23H21ClF4. The molecule has 2 aliphatic rings. The largest absolute Gasteiger partial charge is 0.206 e. The lowest BCUT2D eigenvalue weighted by Gasteiger charge is -2.40. The van der Waals surface area contributed by atoms with E-state index >= 15 is 4.39 Å². The summed E-state index contributed by atoms with van der Waals surface area (Å²) in [7, 11) is 0. The topological polar surface area (TPSA) is 0 Å². The summed E-state index contributed by atoms with van der Waals surface area (Å²) in [6, 6.07) is 3.14. The van der Waals surface area contributed by atoms with Crippen LogP contribution in [0.1, 0.15) is 49.7 Å². The van der Waals surface area contributed by atoms with E-state index in [0.717, 1.165) is 43.4 Å². The van der Waals surface area contributed by atoms with Gasteiger partial charge in [0.2, 0.25) is 0 Å². The van der Waals surface area contributed by atoms with Crippen LogP contribution in [0.15, 0.2) is 30.4 Å². The minimum atomic E-state index is -1.03. The van der Waals surface area contributed by atoms with Gasteiger partial charge in [0.1, 0.15) is 28.3 Å². The predicted octanol–water partition coefficient (Wildman–Crippen LogP) is 7.59. The van der Waals surface area contributed by atoms with Gasteiger partial charge in [0.05, 0.1) is 5.56 Å². The average Bonchev–Trinajstić information content (AvgIpc) is 2.66. The van der Waals surface area contributed by atoms with Gasteiger partial charge in [0.25, 0.3) is 0 Å². The normalized spacial score (nSPS) is 24.3. The minimum absolute atomic E-state index is 0.141. The van der Waals surface area contributed by atoms with Crippen molar-refractivity contribution in [1.29, 1.82) is 0 Å². The van der Waals surface area contributed by atoms with Crippen molar-refractivity contribution in [3.8, 4) is 11.1 Å². The summed E-state index contributed by atoms with van der Waals surface area (Å²) in [5.41, 5.74) is 0.659. The smallest absolute Gasteiger partial charge is 0.145 e. The summed E-state index contributed by atoms with van der Waals surface area (Å²) >= 11 is 5.50. The molecule has 148 valence electrons. The monoisotopic (exact) mass is 408 g/mol. The van der Waals surface area contributed by atoms with Crippen LogP contribution in [0, 0.1) is 35.1 Å². The molecule has 1 fully saturated rings. The van der Waals surface area contributed by atoms with E-state index in [9.17, 15) is 13.2 Å². The summed E-state index contributed by atoms with van der Waals surface area (Å²) in [4.78, 5) is 0. The third-order valence-corrected chi connectivity index (χ3v) is 6.64. The fraction of sp³-hybridized carbons (Fsp3) is 0.391. The second kappa shape index (κ2) is 7.55. The van der Waals surface area contributed by atoms with Crippen molar-refractivity contribution in [2.24, 2.45) is 11.8 Å². The van der Waals surface area contributed by atoms with Crippen LogP contribution in [0.2, 0.25) is 5.02 Å². The van der Waals surface area contributed by atoms with Crippen molar-refractivity contribution in [2.75, 3.05) is 0 Å². The SMILES string of the molecule is C/C=C/[C@@H]1CC[C@@H]2c3cc(F)c(-c4cc(F)c(Cl)c(F)c4)c(F)c3CC[C@@H]2C1. The lowest BCUT2D eigenvalue weighted by molar-refractivity contribution is 0.234. The van der Waals surface area contributed by atoms with Crippen LogP contribution in [0.25, 0.3) is 11.1 Å². The van der Waals surface area contributed by atoms with Gasteiger partial charge < -0.3 is 0 Å². The first-order valence-corrected chi connectivity index (χ1v) is 10.1. The van der Waals surface area contributed by atoms with Crippen molar-refractivity contribution in [1.82, 2.24) is 0 Å². The molecule has 0 aliphatic heterocycles. The molecule has 1 saturated carbocycles. The van der Waals surface area contributed by atoms with Crippen LogP contribution >= 0.6 is 11.6 Å². The molecule has 0 unspecified atom stereocenters. The maximum absolute atomic E-state index is 15.3. The van der Waals surface area contributed by atoms with Crippen molar-refractivity contribution in [3.63, 3.8) is 0 Å². The van der Waals surface area contributed by atoms with Gasteiger partial charge in [0, 0.05) is 0 Å². The van der Waals surface area contributed by atoms with Crippen LogP contribution in [-0.4, -0.2) is 0 Å². The molecule has 2 aromatic carbocycles. The lowest BCUT2D eigenvalue weighted by atomic mass is 9.65. The fourth-order valence-corrected chi connectivity index (χ4v) is 5.14. The summed E-state index contributed by atoms with van der Waals surface area (Å²) < 4.78 is 57.9. The minimum Gasteiger partial charge on any atom is -0.206 e. The molecule has 2 aliphatic carbocycles. The second-order valence-electron chi connectivity index (χ2n) is 7.87. The third kappa shape index (κ3) is 3.26. The van der Waals surface area contributed by atoms with Crippen molar-refractivity contribution in [2.45, 2.75) is 44.9 Å². The molecule has 5 heteroatoms. The Labute approximate surface area is 167 Å². The molecule has 28 heavy (non-hydrogen) atoms. The second-order valence-corrected chi connectivity index (χ2v) is 8.25. The zero-order valence-corrected chi connectivity index (χ0v) is 16.3. The molecule has 0 N–H and O–H groups in total. The van der Waals surface area contributed by atoms with Gasteiger partial charge in [0.15, 0.2) is 0 Å². The van der Waals surface area contributed by atoms with E-state index in [-0.39, 0.29) is 17.0 Å². The zero-order valence-electron chi connectivity index (χ0n) is 15.5. The highest BCUT2D eigenvalue weighted by molar-refractivity contribution is 6.31. The molecule has 0 bridgehead atoms. The molecule has 0 heterocycles. The number of fused-ring (bicyclic) bond motifs is 3. The Balaban J connectivity index is 1.76. The predicted molar refractivity (Wildman–Crippen MR) is 103 cm³/mol. The Morgan fingerprint density at radius 2 is 1.68 bits per heavy atom. The molecule has 0 radical (unpaired) electrons. The van der Waals surface area contributed by atoms with Crippen LogP contribution in [0.5, 0.6) is 0 Å². The summed E-state index contributed by atoms with van der Waals surface area (Å²) in [5, 5.41) is -0.678. The highest BCUT2D eigenvalue weighted by Gasteiger charge is 2.37. The van der Waals surface area contributed by atoms with Gasteiger partial charge in [-0.1, -0.05) is 23.8 Å². The van der Waals surface area contributed by atoms with Gasteiger partial charge in [-0.15, -0.1) is 0 Å². The van der Waals surface area contributed by atoms with Gasteiger partial charge in [-0.3, -0.25) is 0 Å². The van der Waals surface area contributed by atoms with E-state index in [1.807, 2.05) is 6.92 Å². The fourth-order valence-electron chi connectivity index (χ4n) is 5.03. The molecule has 0 aromatic heterocycles. The highest BCUT2D eigenvalue weighted by Crippen LogP contribution is 2.49. The molecule has 0 nitrogen and oxygen atoms in total. The average molecular weight is 409 g/mol. The first-order valence-electron chi connectivity index (χ1n) is 9.69. The summed E-state index contributed by atoms with van der Waals surface area (Å²) in [6.45, 7) is 2.01. The van der Waals surface area contributed by atoms with Crippen molar-refractivity contribution in [3.05, 3.63) is 69.8 Å². The Bertz CT molecular complexity index is 927. The van der Waals surface area contributed by atoms with E-state index < -0.39 is 28.3 Å². The number of halogens is 5. The highest BCUT2D eigenvalue weighted by atomic mass is 35.5. The molecule has 0 spiro atoms. The molecule has 4 rings (SSSR count). The number of hydrogen-bond acceptors (Lipinski definition) is 0. The number of hydrogen-bond donors (Lipinski definition) is 0. The first-order chi connectivity index (χ1) is 13.4. The number of allylic oxidation sites excluding steroid dienone is 2. The zero-order chi connectivity index (χ0) is 20.0.